The van der Waals surface area contributed by atoms with E-state index in [2.05, 4.69) is 5.10 Å². The van der Waals surface area contributed by atoms with Crippen LogP contribution in [0.4, 0.5) is 8.78 Å². The standard InChI is InChI=1S/C11H13F2N3O2S/c1-15(2)3-4-16-10-6(8(14-16)9(12)13)5-7(19-10)11(17)18/h5,9H,3-4H2,1-2H3,(H,17,18). The number of nitrogens with zero attached hydrogens (tertiary/aromatic N) is 3. The Morgan fingerprint density at radius 1 is 1.58 bits per heavy atom. The number of halogens is 2. The van der Waals surface area contributed by atoms with Crippen molar-refractivity contribution in [1.29, 1.82) is 0 Å². The van der Waals surface area contributed by atoms with Gasteiger partial charge in [-0.25, -0.2) is 13.6 Å². The Balaban J connectivity index is 2.47. The number of aromatic carboxylic acids is 1. The number of carbonyl (C=O) groups is 1. The molecule has 2 rings (SSSR count). The molecule has 0 unspecified atom stereocenters. The first kappa shape index (κ1) is 13.9. The van der Waals surface area contributed by atoms with Crippen molar-refractivity contribution in [3.05, 3.63) is 16.6 Å². The van der Waals surface area contributed by atoms with Gasteiger partial charge in [0.05, 0.1) is 6.54 Å². The van der Waals surface area contributed by atoms with Gasteiger partial charge in [-0.1, -0.05) is 0 Å². The van der Waals surface area contributed by atoms with Gasteiger partial charge in [0, 0.05) is 11.9 Å². The number of carboxylic acid groups (broad SMARTS) is 1. The van der Waals surface area contributed by atoms with E-state index in [1.807, 2.05) is 19.0 Å². The molecule has 0 spiro atoms. The van der Waals surface area contributed by atoms with Gasteiger partial charge in [-0.2, -0.15) is 5.10 Å². The first-order chi connectivity index (χ1) is 8.90. The van der Waals surface area contributed by atoms with E-state index in [9.17, 15) is 13.6 Å². The first-order valence-electron chi connectivity index (χ1n) is 5.56. The van der Waals surface area contributed by atoms with E-state index in [4.69, 9.17) is 5.11 Å². The molecule has 0 atom stereocenters. The summed E-state index contributed by atoms with van der Waals surface area (Å²) in [6, 6.07) is 1.27. The molecule has 2 heterocycles. The summed E-state index contributed by atoms with van der Waals surface area (Å²) in [5.74, 6) is -1.11. The molecule has 8 heteroatoms. The number of carboxylic acids is 1. The molecule has 0 aliphatic heterocycles. The lowest BCUT2D eigenvalue weighted by molar-refractivity contribution is 0.0702. The third kappa shape index (κ3) is 2.74. The molecule has 0 amide bonds. The number of aromatic nitrogens is 2. The summed E-state index contributed by atoms with van der Waals surface area (Å²) in [5, 5.41) is 13.0. The van der Waals surface area contributed by atoms with Gasteiger partial charge in [0.25, 0.3) is 6.43 Å². The highest BCUT2D eigenvalue weighted by Crippen LogP contribution is 2.33. The number of hydrogen-bond donors (Lipinski definition) is 1. The van der Waals surface area contributed by atoms with E-state index >= 15 is 0 Å². The van der Waals surface area contributed by atoms with E-state index in [-0.39, 0.29) is 16.0 Å². The summed E-state index contributed by atoms with van der Waals surface area (Å²) in [4.78, 5) is 13.3. The topological polar surface area (TPSA) is 58.4 Å². The lowest BCUT2D eigenvalue weighted by Crippen LogP contribution is -2.18. The van der Waals surface area contributed by atoms with Crippen LogP contribution < -0.4 is 0 Å². The van der Waals surface area contributed by atoms with Crippen LogP contribution in [0.15, 0.2) is 6.07 Å². The van der Waals surface area contributed by atoms with Crippen LogP contribution in [-0.4, -0.2) is 46.4 Å². The van der Waals surface area contributed by atoms with E-state index in [0.717, 1.165) is 11.3 Å². The van der Waals surface area contributed by atoms with Crippen molar-refractivity contribution in [2.75, 3.05) is 20.6 Å². The lowest BCUT2D eigenvalue weighted by Gasteiger charge is -2.09. The predicted octanol–water partition coefficient (Wildman–Crippen LogP) is 2.30. The highest BCUT2D eigenvalue weighted by molar-refractivity contribution is 7.20. The van der Waals surface area contributed by atoms with Gasteiger partial charge in [0.2, 0.25) is 0 Å². The molecule has 0 radical (unpaired) electrons. The van der Waals surface area contributed by atoms with Crippen LogP contribution in [0.2, 0.25) is 0 Å². The quantitative estimate of drug-likeness (QED) is 0.917. The number of rotatable bonds is 5. The fourth-order valence-corrected chi connectivity index (χ4v) is 2.68. The van der Waals surface area contributed by atoms with Crippen LogP contribution in [0, 0.1) is 0 Å². The molecule has 1 N–H and O–H groups in total. The molecule has 0 aliphatic rings. The van der Waals surface area contributed by atoms with Crippen LogP contribution in [0.1, 0.15) is 21.8 Å². The number of alkyl halides is 2. The van der Waals surface area contributed by atoms with Crippen molar-refractivity contribution in [3.63, 3.8) is 0 Å². The molecular weight excluding hydrogens is 276 g/mol. The minimum absolute atomic E-state index is 0.0490. The minimum atomic E-state index is -2.71. The number of likely N-dealkylation sites (N-methyl/N-ethyl adjacent to an activating group) is 1. The predicted molar refractivity (Wildman–Crippen MR) is 68.1 cm³/mol. The summed E-state index contributed by atoms with van der Waals surface area (Å²) in [6.07, 6.45) is -2.71. The SMILES string of the molecule is CN(C)CCn1nc(C(F)F)c2cc(C(=O)O)sc21. The van der Waals surface area contributed by atoms with Crippen LogP contribution in [0.5, 0.6) is 0 Å². The zero-order valence-electron chi connectivity index (χ0n) is 10.4. The van der Waals surface area contributed by atoms with E-state index < -0.39 is 12.4 Å². The normalized spacial score (nSPS) is 11.9. The van der Waals surface area contributed by atoms with Crippen LogP contribution >= 0.6 is 11.3 Å². The average molecular weight is 289 g/mol. The third-order valence-corrected chi connectivity index (χ3v) is 3.76. The zero-order valence-corrected chi connectivity index (χ0v) is 11.2. The molecule has 0 bridgehead atoms. The van der Waals surface area contributed by atoms with Crippen LogP contribution in [0.3, 0.4) is 0 Å². The van der Waals surface area contributed by atoms with Crippen molar-refractivity contribution in [3.8, 4) is 0 Å². The third-order valence-electron chi connectivity index (χ3n) is 2.63. The van der Waals surface area contributed by atoms with Gasteiger partial charge in [-0.15, -0.1) is 11.3 Å². The Kier molecular flexibility index (Phi) is 3.81. The Labute approximate surface area is 112 Å². The second-order valence-corrected chi connectivity index (χ2v) is 5.38. The highest BCUT2D eigenvalue weighted by atomic mass is 32.1. The molecule has 2 aromatic rings. The Hall–Kier alpha value is -1.54. The second kappa shape index (κ2) is 5.22. The zero-order chi connectivity index (χ0) is 14.2. The fraction of sp³-hybridized carbons (Fsp3) is 0.455. The van der Waals surface area contributed by atoms with Gasteiger partial charge < -0.3 is 10.0 Å². The maximum Gasteiger partial charge on any atom is 0.345 e. The average Bonchev–Trinajstić information content (AvgIpc) is 2.84. The van der Waals surface area contributed by atoms with Gasteiger partial charge >= 0.3 is 5.97 Å². The fourth-order valence-electron chi connectivity index (χ4n) is 1.70. The van der Waals surface area contributed by atoms with Gasteiger partial charge in [-0.05, 0) is 20.2 Å². The van der Waals surface area contributed by atoms with Crippen molar-refractivity contribution >= 4 is 27.5 Å². The second-order valence-electron chi connectivity index (χ2n) is 4.35. The number of fused-ring (bicyclic) bond motifs is 1. The molecule has 0 aromatic carbocycles. The Bertz CT molecular complexity index is 606. The molecule has 0 fully saturated rings. The molecular formula is C11H13F2N3O2S. The van der Waals surface area contributed by atoms with Crippen LogP contribution in [0.25, 0.3) is 10.2 Å². The lowest BCUT2D eigenvalue weighted by atomic mass is 10.3. The number of hydrogen-bond acceptors (Lipinski definition) is 4. The van der Waals surface area contributed by atoms with Crippen LogP contribution in [-0.2, 0) is 6.54 Å². The Morgan fingerprint density at radius 2 is 2.26 bits per heavy atom. The highest BCUT2D eigenvalue weighted by Gasteiger charge is 2.22. The number of thiophene rings is 1. The summed E-state index contributed by atoms with van der Waals surface area (Å²) in [7, 11) is 3.73. The van der Waals surface area contributed by atoms with E-state index in [0.29, 0.717) is 17.9 Å². The summed E-state index contributed by atoms with van der Waals surface area (Å²) < 4.78 is 27.2. The van der Waals surface area contributed by atoms with Crippen molar-refractivity contribution in [2.45, 2.75) is 13.0 Å². The van der Waals surface area contributed by atoms with E-state index in [1.54, 1.807) is 0 Å². The minimum Gasteiger partial charge on any atom is -0.477 e. The summed E-state index contributed by atoms with van der Waals surface area (Å²) in [5.41, 5.74) is -0.350. The first-order valence-corrected chi connectivity index (χ1v) is 6.38. The molecule has 5 nitrogen and oxygen atoms in total. The molecule has 0 aliphatic carbocycles. The molecule has 0 saturated heterocycles. The monoisotopic (exact) mass is 289 g/mol. The van der Waals surface area contributed by atoms with Gasteiger partial charge in [0.15, 0.2) is 0 Å². The summed E-state index contributed by atoms with van der Waals surface area (Å²) in [6.45, 7) is 1.08. The molecule has 19 heavy (non-hydrogen) atoms. The van der Waals surface area contributed by atoms with E-state index in [1.165, 1.54) is 10.7 Å². The van der Waals surface area contributed by atoms with Crippen molar-refractivity contribution in [2.24, 2.45) is 0 Å². The largest absolute Gasteiger partial charge is 0.477 e. The molecule has 0 saturated carbocycles. The van der Waals surface area contributed by atoms with Crippen molar-refractivity contribution in [1.82, 2.24) is 14.7 Å². The molecule has 104 valence electrons. The molecule has 2 aromatic heterocycles. The van der Waals surface area contributed by atoms with Gasteiger partial charge in [-0.3, -0.25) is 4.68 Å². The maximum absolute atomic E-state index is 12.9. The van der Waals surface area contributed by atoms with Gasteiger partial charge in [0.1, 0.15) is 15.4 Å². The van der Waals surface area contributed by atoms with Crippen molar-refractivity contribution < 1.29 is 18.7 Å². The summed E-state index contributed by atoms with van der Waals surface area (Å²) >= 11 is 0.971. The Morgan fingerprint density at radius 3 is 2.79 bits per heavy atom. The smallest absolute Gasteiger partial charge is 0.345 e. The maximum atomic E-state index is 12.9.